The highest BCUT2D eigenvalue weighted by molar-refractivity contribution is 5.94. The van der Waals surface area contributed by atoms with Gasteiger partial charge in [0.1, 0.15) is 17.7 Å². The molecule has 3 aliphatic rings. The fourth-order valence-corrected chi connectivity index (χ4v) is 5.54. The van der Waals surface area contributed by atoms with Crippen molar-refractivity contribution in [1.82, 2.24) is 30.4 Å². The van der Waals surface area contributed by atoms with Crippen LogP contribution in [0.3, 0.4) is 0 Å². The van der Waals surface area contributed by atoms with Crippen LogP contribution in [0.15, 0.2) is 18.5 Å². The summed E-state index contributed by atoms with van der Waals surface area (Å²) in [6.07, 6.45) is 0.916. The largest absolute Gasteiger partial charge is 0.391 e. The Hall–Kier alpha value is -2.98. The molecule has 2 saturated carbocycles. The third-order valence-corrected chi connectivity index (χ3v) is 7.75. The van der Waals surface area contributed by atoms with Crippen LogP contribution in [0.5, 0.6) is 0 Å². The van der Waals surface area contributed by atoms with Crippen molar-refractivity contribution >= 4 is 11.8 Å². The van der Waals surface area contributed by atoms with E-state index in [9.17, 15) is 22.8 Å². The maximum atomic E-state index is 13.3. The number of aryl methyl sites for hydroxylation is 1. The normalized spacial score (nSPS) is 25.9. The van der Waals surface area contributed by atoms with Gasteiger partial charge in [-0.2, -0.15) is 18.3 Å². The van der Waals surface area contributed by atoms with Gasteiger partial charge in [0.2, 0.25) is 5.91 Å². The number of H-pyrrole nitrogens is 1. The van der Waals surface area contributed by atoms with Gasteiger partial charge in [0.25, 0.3) is 5.91 Å². The predicted molar refractivity (Wildman–Crippen MR) is 120 cm³/mol. The number of nitrogens with zero attached hydrogens (tertiary/aromatic N) is 4. The highest BCUT2D eigenvalue weighted by Gasteiger charge is 2.55. The van der Waals surface area contributed by atoms with Gasteiger partial charge < -0.3 is 10.2 Å². The summed E-state index contributed by atoms with van der Waals surface area (Å²) in [7, 11) is 0. The molecule has 3 heterocycles. The van der Waals surface area contributed by atoms with Crippen LogP contribution >= 0.6 is 0 Å². The van der Waals surface area contributed by atoms with Gasteiger partial charge in [0.15, 0.2) is 0 Å². The second-order valence-corrected chi connectivity index (χ2v) is 10.2. The van der Waals surface area contributed by atoms with E-state index in [1.165, 1.54) is 6.33 Å². The topological polar surface area (TPSA) is 104 Å². The molecule has 1 aliphatic heterocycles. The number of aromatic amines is 1. The van der Waals surface area contributed by atoms with E-state index < -0.39 is 12.1 Å². The first-order valence-electron chi connectivity index (χ1n) is 12.2. The standard InChI is InChI=1S/C24H29F3N6O2/c1-14-10-18(29-13-28-14)19-11-20(32-31-19)22(35)33-9-6-15(12-23(33)7-8-23)21(34)30-17-4-2-16(3-5-17)24(25,26)27/h10-11,13,15-17H,2-9,12H2,1H3,(H,30,34)(H,31,32)/t15-,16?,17?/m1/s1. The van der Waals surface area contributed by atoms with Gasteiger partial charge in [-0.15, -0.1) is 0 Å². The van der Waals surface area contributed by atoms with Crippen LogP contribution in [0.2, 0.25) is 0 Å². The Labute approximate surface area is 201 Å². The summed E-state index contributed by atoms with van der Waals surface area (Å²) in [6, 6.07) is 3.28. The summed E-state index contributed by atoms with van der Waals surface area (Å²) in [6.45, 7) is 2.31. The first kappa shape index (κ1) is 23.7. The van der Waals surface area contributed by atoms with Crippen molar-refractivity contribution < 1.29 is 22.8 Å². The molecule has 3 fully saturated rings. The minimum absolute atomic E-state index is 0.0616. The molecular formula is C24H29F3N6O2. The van der Waals surface area contributed by atoms with Crippen LogP contribution < -0.4 is 5.32 Å². The summed E-state index contributed by atoms with van der Waals surface area (Å²) in [4.78, 5) is 36.4. The summed E-state index contributed by atoms with van der Waals surface area (Å²) < 4.78 is 38.7. The van der Waals surface area contributed by atoms with Crippen molar-refractivity contribution in [1.29, 1.82) is 0 Å². The fraction of sp³-hybridized carbons (Fsp3) is 0.625. The first-order chi connectivity index (χ1) is 16.6. The van der Waals surface area contributed by atoms with Gasteiger partial charge in [-0.05, 0) is 70.4 Å². The zero-order valence-corrected chi connectivity index (χ0v) is 19.6. The molecule has 35 heavy (non-hydrogen) atoms. The number of rotatable bonds is 4. The van der Waals surface area contributed by atoms with E-state index in [1.54, 1.807) is 12.1 Å². The second kappa shape index (κ2) is 8.91. The number of amides is 2. The number of hydrogen-bond acceptors (Lipinski definition) is 5. The van der Waals surface area contributed by atoms with Crippen molar-refractivity contribution in [2.75, 3.05) is 6.54 Å². The highest BCUT2D eigenvalue weighted by Crippen LogP contribution is 2.50. The van der Waals surface area contributed by atoms with Crippen LogP contribution in [0.1, 0.15) is 67.5 Å². The average molecular weight is 491 g/mol. The Balaban J connectivity index is 1.19. The zero-order chi connectivity index (χ0) is 24.8. The SMILES string of the molecule is Cc1cc(-c2cc(C(=O)N3CC[C@@H](C(=O)NC4CCC(C(F)(F)F)CC4)CC34CC4)[nH]n2)ncn1. The lowest BCUT2D eigenvalue weighted by molar-refractivity contribution is -0.182. The number of hydrogen-bond donors (Lipinski definition) is 2. The molecule has 188 valence electrons. The lowest BCUT2D eigenvalue weighted by Crippen LogP contribution is -2.52. The number of carbonyl (C=O) groups is 2. The third kappa shape index (κ3) is 4.90. The Bertz CT molecular complexity index is 1100. The molecule has 2 aromatic heterocycles. The van der Waals surface area contributed by atoms with Crippen LogP contribution in [0.25, 0.3) is 11.4 Å². The molecule has 2 N–H and O–H groups in total. The van der Waals surface area contributed by atoms with Gasteiger partial charge in [0, 0.05) is 29.7 Å². The lowest BCUT2D eigenvalue weighted by Gasteiger charge is -2.40. The Morgan fingerprint density at radius 2 is 1.83 bits per heavy atom. The van der Waals surface area contributed by atoms with Gasteiger partial charge in [-0.25, -0.2) is 9.97 Å². The highest BCUT2D eigenvalue weighted by atomic mass is 19.4. The van der Waals surface area contributed by atoms with E-state index in [2.05, 4.69) is 25.5 Å². The molecule has 0 radical (unpaired) electrons. The molecule has 1 atom stereocenters. The molecule has 0 bridgehead atoms. The molecular weight excluding hydrogens is 461 g/mol. The second-order valence-electron chi connectivity index (χ2n) is 10.2. The number of halogens is 3. The van der Waals surface area contributed by atoms with E-state index in [4.69, 9.17) is 0 Å². The average Bonchev–Trinajstić information content (AvgIpc) is 3.39. The van der Waals surface area contributed by atoms with Gasteiger partial charge in [-0.3, -0.25) is 14.7 Å². The number of piperidine rings is 1. The van der Waals surface area contributed by atoms with Crippen molar-refractivity contribution in [2.45, 2.75) is 76.0 Å². The van der Waals surface area contributed by atoms with E-state index in [0.29, 0.717) is 49.3 Å². The first-order valence-corrected chi connectivity index (χ1v) is 12.2. The molecule has 0 unspecified atom stereocenters. The van der Waals surface area contributed by atoms with Crippen LogP contribution in [-0.2, 0) is 4.79 Å². The molecule has 1 saturated heterocycles. The monoisotopic (exact) mass is 490 g/mol. The molecule has 2 aliphatic carbocycles. The minimum atomic E-state index is -4.16. The zero-order valence-electron chi connectivity index (χ0n) is 19.6. The van der Waals surface area contributed by atoms with Crippen LogP contribution in [0.4, 0.5) is 13.2 Å². The van der Waals surface area contributed by atoms with Crippen LogP contribution in [0, 0.1) is 18.8 Å². The molecule has 1 spiro atoms. The fourth-order valence-electron chi connectivity index (χ4n) is 5.54. The lowest BCUT2D eigenvalue weighted by atomic mass is 9.84. The molecule has 8 nitrogen and oxygen atoms in total. The van der Waals surface area contributed by atoms with Gasteiger partial charge in [0.05, 0.1) is 11.6 Å². The van der Waals surface area contributed by atoms with Crippen molar-refractivity contribution in [3.63, 3.8) is 0 Å². The number of aromatic nitrogens is 4. The molecule has 5 rings (SSSR count). The van der Waals surface area contributed by atoms with Gasteiger partial charge >= 0.3 is 6.18 Å². The molecule has 2 amide bonds. The third-order valence-electron chi connectivity index (χ3n) is 7.75. The van der Waals surface area contributed by atoms with Crippen molar-refractivity contribution in [2.24, 2.45) is 11.8 Å². The molecule has 11 heteroatoms. The van der Waals surface area contributed by atoms with E-state index in [-0.39, 0.29) is 42.2 Å². The summed E-state index contributed by atoms with van der Waals surface area (Å²) in [5, 5.41) is 10.1. The maximum Gasteiger partial charge on any atom is 0.391 e. The predicted octanol–water partition coefficient (Wildman–Crippen LogP) is 3.80. The molecule has 2 aromatic rings. The minimum Gasteiger partial charge on any atom is -0.353 e. The van der Waals surface area contributed by atoms with Crippen molar-refractivity contribution in [3.05, 3.63) is 29.8 Å². The number of likely N-dealkylation sites (tertiary alicyclic amines) is 1. The number of nitrogens with one attached hydrogen (secondary N) is 2. The number of carbonyl (C=O) groups excluding carboxylic acids is 2. The summed E-state index contributed by atoms with van der Waals surface area (Å²) >= 11 is 0. The molecule has 0 aromatic carbocycles. The summed E-state index contributed by atoms with van der Waals surface area (Å²) in [5.74, 6) is -1.73. The summed E-state index contributed by atoms with van der Waals surface area (Å²) in [5.41, 5.74) is 2.05. The van der Waals surface area contributed by atoms with E-state index in [1.807, 2.05) is 11.8 Å². The Morgan fingerprint density at radius 3 is 2.49 bits per heavy atom. The quantitative estimate of drug-likeness (QED) is 0.679. The van der Waals surface area contributed by atoms with Gasteiger partial charge in [-0.1, -0.05) is 0 Å². The van der Waals surface area contributed by atoms with E-state index >= 15 is 0 Å². The van der Waals surface area contributed by atoms with Crippen molar-refractivity contribution in [3.8, 4) is 11.4 Å². The van der Waals surface area contributed by atoms with E-state index in [0.717, 1.165) is 18.5 Å². The van der Waals surface area contributed by atoms with Crippen LogP contribution in [-0.4, -0.2) is 61.2 Å². The Kier molecular flexibility index (Phi) is 6.04. The maximum absolute atomic E-state index is 13.3. The number of alkyl halides is 3. The Morgan fingerprint density at radius 1 is 1.09 bits per heavy atom. The smallest absolute Gasteiger partial charge is 0.353 e.